The molecule has 2 aromatic rings. The fraction of sp³-hybridized carbons (Fsp3) is 0.615. The Hall–Kier alpha value is -2.54. The summed E-state index contributed by atoms with van der Waals surface area (Å²) in [6.45, 7) is 13.8. The summed E-state index contributed by atoms with van der Waals surface area (Å²) in [4.78, 5) is 19.8. The number of morpholine rings is 1. The maximum absolute atomic E-state index is 5.59. The Kier molecular flexibility index (Phi) is 8.64. The zero-order valence-corrected chi connectivity index (χ0v) is 20.5. The molecule has 0 radical (unpaired) electrons. The number of nitrogens with zero attached hydrogens (tertiary/aromatic N) is 6. The lowest BCUT2D eigenvalue weighted by Crippen LogP contribution is -2.47. The predicted octanol–water partition coefficient (Wildman–Crippen LogP) is 4.05. The molecule has 33 heavy (non-hydrogen) atoms. The first kappa shape index (κ1) is 23.6. The Balaban J connectivity index is 1.56. The van der Waals surface area contributed by atoms with E-state index >= 15 is 0 Å². The maximum Gasteiger partial charge on any atom is 0.229 e. The number of hydrogen-bond acceptors (Lipinski definition) is 7. The molecule has 2 saturated heterocycles. The standard InChI is InChI=1S/C26H40N6O/c1-3-5-12-30(13-6-4-2)24-22-25(31-18-20-33-21-19-31)28-26(27-24)32-16-14-29(15-17-32)23-10-8-7-9-11-23/h7-11,22H,3-6,12-21H2,1-2H3. The molecular formula is C26H40N6O. The van der Waals surface area contributed by atoms with E-state index in [1.807, 2.05) is 0 Å². The number of hydrogen-bond donors (Lipinski definition) is 0. The Morgan fingerprint density at radius 2 is 1.42 bits per heavy atom. The van der Waals surface area contributed by atoms with Gasteiger partial charge in [0.2, 0.25) is 5.95 Å². The molecule has 2 aliphatic rings. The second-order valence-electron chi connectivity index (χ2n) is 8.99. The minimum absolute atomic E-state index is 0.764. The number of ether oxygens (including phenoxy) is 1. The second-order valence-corrected chi connectivity index (χ2v) is 8.99. The van der Waals surface area contributed by atoms with Crippen molar-refractivity contribution >= 4 is 23.3 Å². The monoisotopic (exact) mass is 452 g/mol. The van der Waals surface area contributed by atoms with Crippen molar-refractivity contribution in [3.05, 3.63) is 36.4 Å². The molecule has 2 fully saturated rings. The normalized spacial score (nSPS) is 16.8. The SMILES string of the molecule is CCCCN(CCCC)c1cc(N2CCOCC2)nc(N2CCN(c3ccccc3)CC2)n1. The van der Waals surface area contributed by atoms with Gasteiger partial charge in [-0.15, -0.1) is 0 Å². The van der Waals surface area contributed by atoms with Crippen molar-refractivity contribution in [1.29, 1.82) is 0 Å². The summed E-state index contributed by atoms with van der Waals surface area (Å²) in [5, 5.41) is 0. The zero-order chi connectivity index (χ0) is 22.9. The Morgan fingerprint density at radius 3 is 2.06 bits per heavy atom. The molecule has 180 valence electrons. The second kappa shape index (κ2) is 12.1. The third kappa shape index (κ3) is 6.28. The summed E-state index contributed by atoms with van der Waals surface area (Å²) in [5.41, 5.74) is 1.30. The number of benzene rings is 1. The highest BCUT2D eigenvalue weighted by molar-refractivity contribution is 5.57. The molecule has 1 aromatic carbocycles. The highest BCUT2D eigenvalue weighted by Gasteiger charge is 2.23. The van der Waals surface area contributed by atoms with Gasteiger partial charge in [-0.3, -0.25) is 0 Å². The molecule has 0 atom stereocenters. The van der Waals surface area contributed by atoms with E-state index < -0.39 is 0 Å². The van der Waals surface area contributed by atoms with E-state index in [0.29, 0.717) is 0 Å². The smallest absolute Gasteiger partial charge is 0.229 e. The van der Waals surface area contributed by atoms with Gasteiger partial charge in [0.25, 0.3) is 0 Å². The molecule has 1 aromatic heterocycles. The average Bonchev–Trinajstić information content (AvgIpc) is 2.89. The lowest BCUT2D eigenvalue weighted by molar-refractivity contribution is 0.122. The number of para-hydroxylation sites is 1. The number of unbranched alkanes of at least 4 members (excludes halogenated alkanes) is 2. The minimum Gasteiger partial charge on any atom is -0.378 e. The molecule has 3 heterocycles. The summed E-state index contributed by atoms with van der Waals surface area (Å²) in [6, 6.07) is 12.9. The molecular weight excluding hydrogens is 412 g/mol. The number of aromatic nitrogens is 2. The molecule has 0 amide bonds. The molecule has 0 saturated carbocycles. The van der Waals surface area contributed by atoms with E-state index in [1.165, 1.54) is 31.4 Å². The third-order valence-corrected chi connectivity index (χ3v) is 6.59. The van der Waals surface area contributed by atoms with Crippen LogP contribution < -0.4 is 19.6 Å². The fourth-order valence-electron chi connectivity index (χ4n) is 4.51. The minimum atomic E-state index is 0.764. The summed E-state index contributed by atoms with van der Waals surface area (Å²) in [6.07, 6.45) is 4.76. The quantitative estimate of drug-likeness (QED) is 0.539. The van der Waals surface area contributed by atoms with Gasteiger partial charge in [0.1, 0.15) is 11.6 Å². The number of rotatable bonds is 10. The van der Waals surface area contributed by atoms with Gasteiger partial charge in [0.15, 0.2) is 0 Å². The fourth-order valence-corrected chi connectivity index (χ4v) is 4.51. The van der Waals surface area contributed by atoms with Gasteiger partial charge in [0.05, 0.1) is 13.2 Å². The highest BCUT2D eigenvalue weighted by Crippen LogP contribution is 2.26. The van der Waals surface area contributed by atoms with E-state index in [9.17, 15) is 0 Å². The van der Waals surface area contributed by atoms with Crippen LogP contribution >= 0.6 is 0 Å². The first-order valence-corrected chi connectivity index (χ1v) is 12.8. The maximum atomic E-state index is 5.59. The van der Waals surface area contributed by atoms with E-state index in [4.69, 9.17) is 14.7 Å². The van der Waals surface area contributed by atoms with Crippen LogP contribution in [0.2, 0.25) is 0 Å². The van der Waals surface area contributed by atoms with Gasteiger partial charge in [-0.25, -0.2) is 0 Å². The topological polar surface area (TPSA) is 48.0 Å². The number of anilines is 4. The summed E-state index contributed by atoms with van der Waals surface area (Å²) in [7, 11) is 0. The summed E-state index contributed by atoms with van der Waals surface area (Å²) >= 11 is 0. The van der Waals surface area contributed by atoms with Crippen molar-refractivity contribution in [2.24, 2.45) is 0 Å². The van der Waals surface area contributed by atoms with Crippen LogP contribution in [-0.4, -0.2) is 75.5 Å². The Bertz CT molecular complexity index is 826. The van der Waals surface area contributed by atoms with Crippen LogP contribution in [0, 0.1) is 0 Å². The van der Waals surface area contributed by atoms with Crippen molar-refractivity contribution in [2.45, 2.75) is 39.5 Å². The predicted molar refractivity (Wildman–Crippen MR) is 138 cm³/mol. The van der Waals surface area contributed by atoms with Crippen LogP contribution in [0.4, 0.5) is 23.3 Å². The van der Waals surface area contributed by atoms with Gasteiger partial charge in [-0.05, 0) is 25.0 Å². The van der Waals surface area contributed by atoms with E-state index in [0.717, 1.165) is 83.2 Å². The van der Waals surface area contributed by atoms with Crippen LogP contribution in [0.25, 0.3) is 0 Å². The lowest BCUT2D eigenvalue weighted by Gasteiger charge is -2.37. The molecule has 0 spiro atoms. The van der Waals surface area contributed by atoms with Gasteiger partial charge in [-0.1, -0.05) is 44.9 Å². The number of piperazine rings is 1. The van der Waals surface area contributed by atoms with Crippen LogP contribution in [0.15, 0.2) is 36.4 Å². The van der Waals surface area contributed by atoms with Crippen molar-refractivity contribution in [3.8, 4) is 0 Å². The largest absolute Gasteiger partial charge is 0.378 e. The van der Waals surface area contributed by atoms with Crippen LogP contribution in [0.3, 0.4) is 0 Å². The van der Waals surface area contributed by atoms with Crippen molar-refractivity contribution < 1.29 is 4.74 Å². The molecule has 0 unspecified atom stereocenters. The van der Waals surface area contributed by atoms with E-state index in [1.54, 1.807) is 0 Å². The summed E-state index contributed by atoms with van der Waals surface area (Å²) in [5.74, 6) is 3.00. The van der Waals surface area contributed by atoms with Gasteiger partial charge in [0, 0.05) is 64.1 Å². The lowest BCUT2D eigenvalue weighted by atomic mass is 10.2. The Labute approximate surface area is 199 Å². The molecule has 7 nitrogen and oxygen atoms in total. The van der Waals surface area contributed by atoms with Gasteiger partial charge >= 0.3 is 0 Å². The van der Waals surface area contributed by atoms with Gasteiger partial charge in [-0.2, -0.15) is 9.97 Å². The zero-order valence-electron chi connectivity index (χ0n) is 20.5. The van der Waals surface area contributed by atoms with Crippen molar-refractivity contribution in [1.82, 2.24) is 9.97 Å². The van der Waals surface area contributed by atoms with Crippen LogP contribution in [0.5, 0.6) is 0 Å². The first-order chi connectivity index (χ1) is 16.3. The summed E-state index contributed by atoms with van der Waals surface area (Å²) < 4.78 is 5.59. The van der Waals surface area contributed by atoms with Crippen molar-refractivity contribution in [3.63, 3.8) is 0 Å². The molecule has 7 heteroatoms. The van der Waals surface area contributed by atoms with Crippen LogP contribution in [-0.2, 0) is 4.74 Å². The average molecular weight is 453 g/mol. The Morgan fingerprint density at radius 1 is 0.788 bits per heavy atom. The molecule has 2 aliphatic heterocycles. The van der Waals surface area contributed by atoms with E-state index in [-0.39, 0.29) is 0 Å². The molecule has 4 rings (SSSR count). The first-order valence-electron chi connectivity index (χ1n) is 12.8. The molecule has 0 bridgehead atoms. The van der Waals surface area contributed by atoms with E-state index in [2.05, 4.69) is 69.8 Å². The molecule has 0 aliphatic carbocycles. The van der Waals surface area contributed by atoms with Gasteiger partial charge < -0.3 is 24.3 Å². The van der Waals surface area contributed by atoms with Crippen molar-refractivity contribution in [2.75, 3.05) is 85.2 Å². The third-order valence-electron chi connectivity index (χ3n) is 6.59. The van der Waals surface area contributed by atoms with Crippen LogP contribution in [0.1, 0.15) is 39.5 Å². The highest BCUT2D eigenvalue weighted by atomic mass is 16.5. The molecule has 0 N–H and O–H groups in total.